The van der Waals surface area contributed by atoms with Crippen molar-refractivity contribution in [3.63, 3.8) is 0 Å². The van der Waals surface area contributed by atoms with Crippen LogP contribution in [0.25, 0.3) is 0 Å². The van der Waals surface area contributed by atoms with E-state index >= 15 is 0 Å². The summed E-state index contributed by atoms with van der Waals surface area (Å²) in [7, 11) is -3.27. The Morgan fingerprint density at radius 2 is 1.66 bits per heavy atom. The fourth-order valence-corrected chi connectivity index (χ4v) is 5.24. The van der Waals surface area contributed by atoms with Crippen molar-refractivity contribution in [1.29, 1.82) is 0 Å². The van der Waals surface area contributed by atoms with Gasteiger partial charge < -0.3 is 5.32 Å². The van der Waals surface area contributed by atoms with Crippen molar-refractivity contribution in [2.45, 2.75) is 46.1 Å². The number of hydrogen-bond donors (Lipinski definition) is 1. The van der Waals surface area contributed by atoms with Crippen LogP contribution in [-0.4, -0.2) is 26.6 Å². The van der Waals surface area contributed by atoms with Gasteiger partial charge in [0.25, 0.3) is 5.91 Å². The molecular formula is C23H30N2O3S. The molecule has 0 bridgehead atoms. The molecule has 1 aliphatic heterocycles. The van der Waals surface area contributed by atoms with Gasteiger partial charge in [0.15, 0.2) is 0 Å². The Bertz CT molecular complexity index is 966. The van der Waals surface area contributed by atoms with E-state index in [1.54, 1.807) is 24.3 Å². The average molecular weight is 415 g/mol. The van der Waals surface area contributed by atoms with E-state index in [2.05, 4.69) is 57.3 Å². The van der Waals surface area contributed by atoms with Gasteiger partial charge in [0.1, 0.15) is 0 Å². The van der Waals surface area contributed by atoms with Crippen molar-refractivity contribution in [3.05, 3.63) is 65.2 Å². The van der Waals surface area contributed by atoms with Crippen LogP contribution in [0.2, 0.25) is 0 Å². The molecule has 1 N–H and O–H groups in total. The zero-order valence-corrected chi connectivity index (χ0v) is 18.4. The summed E-state index contributed by atoms with van der Waals surface area (Å²) in [6.07, 6.45) is 0.612. The number of anilines is 1. The van der Waals surface area contributed by atoms with Gasteiger partial charge in [-0.15, -0.1) is 0 Å². The molecule has 1 amide bonds. The van der Waals surface area contributed by atoms with Crippen LogP contribution < -0.4 is 9.62 Å². The van der Waals surface area contributed by atoms with Gasteiger partial charge >= 0.3 is 0 Å². The highest BCUT2D eigenvalue weighted by Gasteiger charge is 2.29. The Labute approximate surface area is 174 Å². The van der Waals surface area contributed by atoms with Crippen molar-refractivity contribution in [3.8, 4) is 0 Å². The highest BCUT2D eigenvalue weighted by Crippen LogP contribution is 2.27. The lowest BCUT2D eigenvalue weighted by Crippen LogP contribution is -2.32. The Morgan fingerprint density at radius 1 is 1.00 bits per heavy atom. The third-order valence-electron chi connectivity index (χ3n) is 5.41. The van der Waals surface area contributed by atoms with Gasteiger partial charge in [-0.05, 0) is 47.6 Å². The van der Waals surface area contributed by atoms with E-state index in [0.29, 0.717) is 30.1 Å². The second-order valence-corrected chi connectivity index (χ2v) is 10.3. The minimum atomic E-state index is -3.27. The molecule has 1 saturated heterocycles. The van der Waals surface area contributed by atoms with Crippen LogP contribution in [0.5, 0.6) is 0 Å². The van der Waals surface area contributed by atoms with Gasteiger partial charge in [0.2, 0.25) is 10.0 Å². The molecule has 1 atom stereocenters. The van der Waals surface area contributed by atoms with Crippen LogP contribution in [0.1, 0.15) is 67.6 Å². The van der Waals surface area contributed by atoms with Crippen LogP contribution >= 0.6 is 0 Å². The van der Waals surface area contributed by atoms with Crippen molar-refractivity contribution < 1.29 is 13.2 Å². The Balaban J connectivity index is 1.81. The summed E-state index contributed by atoms with van der Waals surface area (Å²) >= 11 is 0. The molecule has 156 valence electrons. The maximum atomic E-state index is 13.0. The smallest absolute Gasteiger partial charge is 0.251 e. The molecule has 3 rings (SSSR count). The lowest BCUT2D eigenvalue weighted by molar-refractivity contribution is 0.0925. The van der Waals surface area contributed by atoms with Crippen LogP contribution in [0.3, 0.4) is 0 Å². The van der Waals surface area contributed by atoms with Crippen LogP contribution in [0.4, 0.5) is 5.69 Å². The van der Waals surface area contributed by atoms with Crippen molar-refractivity contribution in [2.24, 2.45) is 5.92 Å². The fraction of sp³-hybridized carbons (Fsp3) is 0.435. The van der Waals surface area contributed by atoms with Crippen molar-refractivity contribution in [2.75, 3.05) is 16.6 Å². The minimum absolute atomic E-state index is 0.122. The van der Waals surface area contributed by atoms with E-state index in [-0.39, 0.29) is 23.6 Å². The molecule has 1 aliphatic rings. The molecule has 2 aromatic carbocycles. The molecular weight excluding hydrogens is 384 g/mol. The van der Waals surface area contributed by atoms with E-state index in [9.17, 15) is 13.2 Å². The number of amides is 1. The molecule has 0 spiro atoms. The number of hydrogen-bond acceptors (Lipinski definition) is 3. The minimum Gasteiger partial charge on any atom is -0.345 e. The SMILES string of the molecule is CC(C)c1ccc([C@H](NC(=O)c2cccc(N3CCCS3(=O)=O)c2)C(C)C)cc1. The average Bonchev–Trinajstić information content (AvgIpc) is 3.05. The number of nitrogens with zero attached hydrogens (tertiary/aromatic N) is 1. The number of benzene rings is 2. The first kappa shape index (κ1) is 21.4. The maximum Gasteiger partial charge on any atom is 0.251 e. The van der Waals surface area contributed by atoms with Crippen LogP contribution in [0, 0.1) is 5.92 Å². The van der Waals surface area contributed by atoms with E-state index in [4.69, 9.17) is 0 Å². The standard InChI is InChI=1S/C23H30N2O3S/c1-16(2)18-9-11-19(12-10-18)22(17(3)4)24-23(26)20-7-5-8-21(15-20)25-13-6-14-29(25,27)28/h5,7-12,15-17,22H,6,13-14H2,1-4H3,(H,24,26)/t22-/m1/s1. The molecule has 0 radical (unpaired) electrons. The number of carbonyl (C=O) groups is 1. The summed E-state index contributed by atoms with van der Waals surface area (Å²) in [5, 5.41) is 3.13. The summed E-state index contributed by atoms with van der Waals surface area (Å²) in [6, 6.07) is 15.1. The molecule has 1 heterocycles. The lowest BCUT2D eigenvalue weighted by Gasteiger charge is -2.24. The highest BCUT2D eigenvalue weighted by atomic mass is 32.2. The molecule has 6 heteroatoms. The summed E-state index contributed by atoms with van der Waals surface area (Å²) in [5.74, 6) is 0.632. The molecule has 0 aromatic heterocycles. The predicted molar refractivity (Wildman–Crippen MR) is 118 cm³/mol. The topological polar surface area (TPSA) is 66.5 Å². The summed E-state index contributed by atoms with van der Waals surface area (Å²) < 4.78 is 25.8. The van der Waals surface area contributed by atoms with E-state index in [0.717, 1.165) is 5.56 Å². The first-order valence-corrected chi connectivity index (χ1v) is 11.8. The second-order valence-electron chi connectivity index (χ2n) is 8.31. The molecule has 0 saturated carbocycles. The van der Waals surface area contributed by atoms with Gasteiger partial charge in [0, 0.05) is 12.1 Å². The van der Waals surface area contributed by atoms with E-state index in [1.165, 1.54) is 9.87 Å². The summed E-state index contributed by atoms with van der Waals surface area (Å²) in [6.45, 7) is 8.93. The molecule has 0 unspecified atom stereocenters. The highest BCUT2D eigenvalue weighted by molar-refractivity contribution is 7.93. The number of sulfonamides is 1. The zero-order valence-electron chi connectivity index (χ0n) is 17.6. The van der Waals surface area contributed by atoms with Crippen LogP contribution in [-0.2, 0) is 10.0 Å². The Hall–Kier alpha value is -2.34. The Morgan fingerprint density at radius 3 is 2.21 bits per heavy atom. The first-order chi connectivity index (χ1) is 13.7. The molecule has 0 aliphatic carbocycles. The normalized spacial score (nSPS) is 17.0. The lowest BCUT2D eigenvalue weighted by atomic mass is 9.93. The maximum absolute atomic E-state index is 13.0. The largest absolute Gasteiger partial charge is 0.345 e. The fourth-order valence-electron chi connectivity index (χ4n) is 3.68. The van der Waals surface area contributed by atoms with Gasteiger partial charge in [-0.25, -0.2) is 8.42 Å². The quantitative estimate of drug-likeness (QED) is 0.758. The Kier molecular flexibility index (Phi) is 6.32. The van der Waals surface area contributed by atoms with Gasteiger partial charge in [0.05, 0.1) is 17.5 Å². The summed E-state index contributed by atoms with van der Waals surface area (Å²) in [4.78, 5) is 13.0. The van der Waals surface area contributed by atoms with Crippen LogP contribution in [0.15, 0.2) is 48.5 Å². The monoisotopic (exact) mass is 414 g/mol. The van der Waals surface area contributed by atoms with Crippen molar-refractivity contribution >= 4 is 21.6 Å². The van der Waals surface area contributed by atoms with Crippen molar-refractivity contribution in [1.82, 2.24) is 5.32 Å². The van der Waals surface area contributed by atoms with Gasteiger partial charge in [-0.3, -0.25) is 9.10 Å². The number of nitrogens with one attached hydrogen (secondary N) is 1. The van der Waals surface area contributed by atoms with E-state index in [1.807, 2.05) is 0 Å². The number of rotatable bonds is 6. The zero-order chi connectivity index (χ0) is 21.2. The van der Waals surface area contributed by atoms with E-state index < -0.39 is 10.0 Å². The first-order valence-electron chi connectivity index (χ1n) is 10.2. The van der Waals surface area contributed by atoms with Gasteiger partial charge in [-0.2, -0.15) is 0 Å². The molecule has 1 fully saturated rings. The third-order valence-corrected chi connectivity index (χ3v) is 7.28. The predicted octanol–water partition coefficient (Wildman–Crippen LogP) is 4.48. The summed E-state index contributed by atoms with van der Waals surface area (Å²) in [5.41, 5.74) is 3.35. The third kappa shape index (κ3) is 4.81. The molecule has 2 aromatic rings. The van der Waals surface area contributed by atoms with Gasteiger partial charge in [-0.1, -0.05) is 58.0 Å². The molecule has 5 nitrogen and oxygen atoms in total. The second kappa shape index (κ2) is 8.57. The number of carbonyl (C=O) groups excluding carboxylic acids is 1. The molecule has 29 heavy (non-hydrogen) atoms.